The van der Waals surface area contributed by atoms with Gasteiger partial charge in [0.25, 0.3) is 5.56 Å². The number of rotatable bonds is 6. The zero-order chi connectivity index (χ0) is 23.5. The summed E-state index contributed by atoms with van der Waals surface area (Å²) >= 11 is 1.25. The molecule has 5 rings (SSSR count). The second-order valence-electron chi connectivity index (χ2n) is 7.32. The number of aromatic nitrogens is 3. The first-order chi connectivity index (χ1) is 16.6. The predicted octanol–water partition coefficient (Wildman–Crippen LogP) is 4.31. The molecule has 0 aliphatic rings. The largest absolute Gasteiger partial charge is 0.462 e. The van der Waals surface area contributed by atoms with Crippen LogP contribution in [0.25, 0.3) is 34.5 Å². The number of hydrogen-bond donors (Lipinski definition) is 0. The lowest BCUT2D eigenvalue weighted by molar-refractivity contribution is 0.0526. The third-order valence-electron chi connectivity index (χ3n) is 5.00. The number of ether oxygens (including phenoxy) is 1. The van der Waals surface area contributed by atoms with Crippen LogP contribution in [0.5, 0.6) is 0 Å². The van der Waals surface area contributed by atoms with Crippen LogP contribution < -0.4 is 10.1 Å². The molecule has 0 spiro atoms. The van der Waals surface area contributed by atoms with Crippen molar-refractivity contribution in [3.8, 4) is 11.3 Å². The number of carbonyl (C=O) groups excluding carboxylic acids is 1. The van der Waals surface area contributed by atoms with Crippen LogP contribution in [-0.4, -0.2) is 27.2 Å². The fourth-order valence-corrected chi connectivity index (χ4v) is 4.25. The van der Waals surface area contributed by atoms with E-state index in [0.717, 1.165) is 11.1 Å². The van der Waals surface area contributed by atoms with Crippen LogP contribution in [0.3, 0.4) is 0 Å². The minimum Gasteiger partial charge on any atom is -0.462 e. The summed E-state index contributed by atoms with van der Waals surface area (Å²) in [5, 5.41) is 4.31. The Kier molecular flexibility index (Phi) is 5.88. The molecule has 168 valence electrons. The first-order valence-corrected chi connectivity index (χ1v) is 11.4. The SMILES string of the molecule is CCOC(=O)c1ccc(-c2ccc(C=c3sc4nc(C=Cc5ccccc5)nn4c3=O)o2)cc1. The van der Waals surface area contributed by atoms with E-state index >= 15 is 0 Å². The second kappa shape index (κ2) is 9.29. The summed E-state index contributed by atoms with van der Waals surface area (Å²) in [7, 11) is 0. The van der Waals surface area contributed by atoms with Gasteiger partial charge < -0.3 is 9.15 Å². The Hall–Kier alpha value is -4.30. The van der Waals surface area contributed by atoms with E-state index in [1.54, 1.807) is 49.4 Å². The number of esters is 1. The van der Waals surface area contributed by atoms with Gasteiger partial charge in [0.2, 0.25) is 4.96 Å². The highest BCUT2D eigenvalue weighted by Crippen LogP contribution is 2.23. The lowest BCUT2D eigenvalue weighted by Crippen LogP contribution is -2.23. The molecular weight excluding hydrogens is 450 g/mol. The molecular formula is C26H19N3O4S. The average Bonchev–Trinajstić information content (AvgIpc) is 3.56. The van der Waals surface area contributed by atoms with Crippen molar-refractivity contribution in [2.24, 2.45) is 0 Å². The molecule has 8 heteroatoms. The smallest absolute Gasteiger partial charge is 0.338 e. The van der Waals surface area contributed by atoms with E-state index in [-0.39, 0.29) is 11.5 Å². The van der Waals surface area contributed by atoms with Gasteiger partial charge in [-0.2, -0.15) is 9.50 Å². The van der Waals surface area contributed by atoms with E-state index in [0.29, 0.717) is 39.0 Å². The molecule has 0 aliphatic heterocycles. The molecule has 3 aromatic heterocycles. The molecule has 7 nitrogen and oxygen atoms in total. The maximum Gasteiger partial charge on any atom is 0.338 e. The van der Waals surface area contributed by atoms with E-state index < -0.39 is 0 Å². The zero-order valence-electron chi connectivity index (χ0n) is 18.2. The van der Waals surface area contributed by atoms with Gasteiger partial charge in [-0.15, -0.1) is 5.10 Å². The summed E-state index contributed by atoms with van der Waals surface area (Å²) in [6, 6.07) is 20.4. The maximum absolute atomic E-state index is 12.8. The Bertz CT molecular complexity index is 1600. The molecule has 0 N–H and O–H groups in total. The van der Waals surface area contributed by atoms with E-state index in [9.17, 15) is 9.59 Å². The molecule has 34 heavy (non-hydrogen) atoms. The average molecular weight is 470 g/mol. The number of fused-ring (bicyclic) bond motifs is 1. The van der Waals surface area contributed by atoms with Gasteiger partial charge in [-0.05, 0) is 42.8 Å². The Morgan fingerprint density at radius 2 is 1.85 bits per heavy atom. The molecule has 0 unspecified atom stereocenters. The van der Waals surface area contributed by atoms with E-state index in [2.05, 4.69) is 10.1 Å². The van der Waals surface area contributed by atoms with Gasteiger partial charge in [0.1, 0.15) is 16.1 Å². The third kappa shape index (κ3) is 4.44. The summed E-state index contributed by atoms with van der Waals surface area (Å²) in [5.41, 5.74) is 2.07. The molecule has 5 aromatic rings. The van der Waals surface area contributed by atoms with Crippen LogP contribution in [0.1, 0.15) is 34.4 Å². The predicted molar refractivity (Wildman–Crippen MR) is 131 cm³/mol. The molecule has 2 aromatic carbocycles. The van der Waals surface area contributed by atoms with Crippen LogP contribution in [0.2, 0.25) is 0 Å². The molecule has 0 atom stereocenters. The monoisotopic (exact) mass is 469 g/mol. The number of hydrogen-bond acceptors (Lipinski definition) is 7. The lowest BCUT2D eigenvalue weighted by Gasteiger charge is -2.02. The fraction of sp³-hybridized carbons (Fsp3) is 0.0769. The quantitative estimate of drug-likeness (QED) is 0.345. The van der Waals surface area contributed by atoms with Crippen LogP contribution >= 0.6 is 11.3 Å². The third-order valence-corrected chi connectivity index (χ3v) is 5.96. The molecule has 0 fully saturated rings. The van der Waals surface area contributed by atoms with Crippen LogP contribution in [0.4, 0.5) is 0 Å². The molecule has 0 aliphatic carbocycles. The van der Waals surface area contributed by atoms with Gasteiger partial charge in [0.15, 0.2) is 5.82 Å². The van der Waals surface area contributed by atoms with Crippen molar-refractivity contribution < 1.29 is 13.9 Å². The normalized spacial score (nSPS) is 12.1. The first-order valence-electron chi connectivity index (χ1n) is 10.6. The number of thiazole rings is 1. The lowest BCUT2D eigenvalue weighted by atomic mass is 10.1. The van der Waals surface area contributed by atoms with E-state index in [4.69, 9.17) is 9.15 Å². The number of nitrogens with zero attached hydrogens (tertiary/aromatic N) is 3. The van der Waals surface area contributed by atoms with Crippen LogP contribution in [-0.2, 0) is 4.74 Å². The molecule has 3 heterocycles. The topological polar surface area (TPSA) is 86.7 Å². The van der Waals surface area contributed by atoms with Gasteiger partial charge in [-0.1, -0.05) is 59.9 Å². The highest BCUT2D eigenvalue weighted by atomic mass is 32.1. The van der Waals surface area contributed by atoms with Crippen molar-refractivity contribution in [3.63, 3.8) is 0 Å². The standard InChI is InChI=1S/C26H19N3O4S/c1-2-32-25(31)19-11-9-18(10-12-19)21-14-13-20(33-21)16-22-24(30)29-26(34-22)27-23(28-29)15-8-17-6-4-3-5-7-17/h3-16H,2H2,1H3. The Balaban J connectivity index is 1.37. The minimum atomic E-state index is -0.361. The number of carbonyl (C=O) groups is 1. The van der Waals surface area contributed by atoms with Crippen LogP contribution in [0.15, 0.2) is 75.9 Å². The Labute approximate surface area is 198 Å². The summed E-state index contributed by atoms with van der Waals surface area (Å²) in [6.07, 6.45) is 5.36. The van der Waals surface area contributed by atoms with Gasteiger partial charge in [0, 0.05) is 11.6 Å². The van der Waals surface area contributed by atoms with Crippen molar-refractivity contribution >= 4 is 40.5 Å². The van der Waals surface area contributed by atoms with Gasteiger partial charge in [-0.3, -0.25) is 4.79 Å². The van der Waals surface area contributed by atoms with Crippen molar-refractivity contribution in [2.75, 3.05) is 6.61 Å². The summed E-state index contributed by atoms with van der Waals surface area (Å²) in [5.74, 6) is 1.28. The highest BCUT2D eigenvalue weighted by Gasteiger charge is 2.11. The summed E-state index contributed by atoms with van der Waals surface area (Å²) in [6.45, 7) is 2.10. The molecule has 0 bridgehead atoms. The highest BCUT2D eigenvalue weighted by molar-refractivity contribution is 7.15. The van der Waals surface area contributed by atoms with Gasteiger partial charge >= 0.3 is 5.97 Å². The van der Waals surface area contributed by atoms with Gasteiger partial charge in [-0.25, -0.2) is 4.79 Å². The van der Waals surface area contributed by atoms with Crippen molar-refractivity contribution in [1.82, 2.24) is 14.6 Å². The van der Waals surface area contributed by atoms with Crippen molar-refractivity contribution in [2.45, 2.75) is 6.92 Å². The number of furan rings is 1. The van der Waals surface area contributed by atoms with Crippen LogP contribution in [0, 0.1) is 0 Å². The fourth-order valence-electron chi connectivity index (χ4n) is 3.35. The molecule has 0 amide bonds. The first kappa shape index (κ1) is 21.5. The molecule has 0 saturated heterocycles. The second-order valence-corrected chi connectivity index (χ2v) is 8.33. The number of benzene rings is 2. The zero-order valence-corrected chi connectivity index (χ0v) is 19.0. The summed E-state index contributed by atoms with van der Waals surface area (Å²) < 4.78 is 12.7. The molecule has 0 radical (unpaired) electrons. The Morgan fingerprint density at radius 3 is 2.59 bits per heavy atom. The maximum atomic E-state index is 12.8. The van der Waals surface area contributed by atoms with Crippen molar-refractivity contribution in [1.29, 1.82) is 0 Å². The Morgan fingerprint density at radius 1 is 1.06 bits per heavy atom. The molecule has 0 saturated carbocycles. The van der Waals surface area contributed by atoms with Gasteiger partial charge in [0.05, 0.1) is 12.2 Å². The van der Waals surface area contributed by atoms with E-state index in [1.807, 2.05) is 42.5 Å². The summed E-state index contributed by atoms with van der Waals surface area (Å²) in [4.78, 5) is 29.5. The van der Waals surface area contributed by atoms with Crippen molar-refractivity contribution in [3.05, 3.63) is 104 Å². The van der Waals surface area contributed by atoms with E-state index in [1.165, 1.54) is 15.9 Å². The minimum absolute atomic E-state index is 0.247.